The quantitative estimate of drug-likeness (QED) is 0.906. The minimum Gasteiger partial charge on any atom is -0.310 e. The molecule has 0 aliphatic heterocycles. The Balaban J connectivity index is 3.45. The van der Waals surface area contributed by atoms with Crippen LogP contribution < -0.4 is 5.32 Å². The summed E-state index contributed by atoms with van der Waals surface area (Å²) in [7, 11) is -1.53. The van der Waals surface area contributed by atoms with Crippen molar-refractivity contribution in [3.63, 3.8) is 0 Å². The van der Waals surface area contributed by atoms with Gasteiger partial charge in [-0.15, -0.1) is 0 Å². The summed E-state index contributed by atoms with van der Waals surface area (Å²) in [6.07, 6.45) is 2.79. The van der Waals surface area contributed by atoms with Crippen molar-refractivity contribution < 1.29 is 8.42 Å². The van der Waals surface area contributed by atoms with E-state index < -0.39 is 20.6 Å². The van der Waals surface area contributed by atoms with Gasteiger partial charge in [0.05, 0.1) is 27.7 Å². The fourth-order valence-electron chi connectivity index (χ4n) is 2.06. The second-order valence-corrected chi connectivity index (χ2v) is 8.52. The third-order valence-electron chi connectivity index (χ3n) is 3.49. The van der Waals surface area contributed by atoms with Gasteiger partial charge in [0.1, 0.15) is 0 Å². The van der Waals surface area contributed by atoms with Crippen LogP contribution in [0.25, 0.3) is 0 Å². The van der Waals surface area contributed by atoms with Crippen molar-refractivity contribution in [2.45, 2.75) is 44.5 Å². The van der Waals surface area contributed by atoms with Crippen molar-refractivity contribution >= 4 is 21.4 Å². The molecule has 0 aliphatic carbocycles. The van der Waals surface area contributed by atoms with E-state index in [9.17, 15) is 8.42 Å². The summed E-state index contributed by atoms with van der Waals surface area (Å²) in [5.74, 6) is 0. The second kappa shape index (κ2) is 5.42. The first-order valence-corrected chi connectivity index (χ1v) is 8.40. The Labute approximate surface area is 120 Å². The maximum absolute atomic E-state index is 12.0. The monoisotopic (exact) mass is 307 g/mol. The molecule has 0 fully saturated rings. The molecular weight excluding hydrogens is 286 g/mol. The van der Waals surface area contributed by atoms with E-state index >= 15 is 0 Å². The van der Waals surface area contributed by atoms with Gasteiger partial charge >= 0.3 is 0 Å². The van der Waals surface area contributed by atoms with E-state index in [-0.39, 0.29) is 6.04 Å². The number of halogens is 1. The SMILES string of the molecule is CNC(c1c(Cl)cnn1C(C)C)C(C)(C)S(C)(=O)=O. The minimum absolute atomic E-state index is 0.105. The molecule has 5 nitrogen and oxygen atoms in total. The zero-order valence-electron chi connectivity index (χ0n) is 12.2. The van der Waals surface area contributed by atoms with Crippen LogP contribution >= 0.6 is 11.6 Å². The Morgan fingerprint density at radius 1 is 1.42 bits per heavy atom. The summed E-state index contributed by atoms with van der Waals surface area (Å²) in [6.45, 7) is 7.34. The second-order valence-electron chi connectivity index (χ2n) is 5.51. The molecule has 1 N–H and O–H groups in total. The van der Waals surface area contributed by atoms with E-state index in [0.29, 0.717) is 10.7 Å². The van der Waals surface area contributed by atoms with Crippen LogP contribution in [0.3, 0.4) is 0 Å². The van der Waals surface area contributed by atoms with E-state index in [0.717, 1.165) is 0 Å². The van der Waals surface area contributed by atoms with Crippen molar-refractivity contribution in [3.8, 4) is 0 Å². The van der Waals surface area contributed by atoms with Gasteiger partial charge in [-0.2, -0.15) is 5.10 Å². The Bertz CT molecular complexity index is 549. The maximum atomic E-state index is 12.0. The molecule has 0 saturated carbocycles. The highest BCUT2D eigenvalue weighted by molar-refractivity contribution is 7.92. The molecule has 0 aliphatic rings. The molecule has 7 heteroatoms. The lowest BCUT2D eigenvalue weighted by Crippen LogP contribution is -2.45. The number of aromatic nitrogens is 2. The zero-order valence-corrected chi connectivity index (χ0v) is 13.8. The van der Waals surface area contributed by atoms with E-state index in [4.69, 9.17) is 11.6 Å². The maximum Gasteiger partial charge on any atom is 0.154 e. The zero-order chi connectivity index (χ0) is 15.0. The highest BCUT2D eigenvalue weighted by Gasteiger charge is 2.42. The van der Waals surface area contributed by atoms with Gasteiger partial charge in [0.15, 0.2) is 9.84 Å². The lowest BCUT2D eigenvalue weighted by Gasteiger charge is -2.33. The van der Waals surface area contributed by atoms with Crippen LogP contribution in [-0.2, 0) is 9.84 Å². The highest BCUT2D eigenvalue weighted by atomic mass is 35.5. The van der Waals surface area contributed by atoms with E-state index in [2.05, 4.69) is 10.4 Å². The van der Waals surface area contributed by atoms with Crippen LogP contribution in [0.4, 0.5) is 0 Å². The standard InChI is InChI=1S/C12H22ClN3O2S/c1-8(2)16-10(9(13)7-15-16)11(14-5)12(3,4)19(6,17)18/h7-8,11,14H,1-6H3. The van der Waals surface area contributed by atoms with Crippen molar-refractivity contribution in [3.05, 3.63) is 16.9 Å². The lowest BCUT2D eigenvalue weighted by atomic mass is 9.99. The van der Waals surface area contributed by atoms with Gasteiger partial charge in [-0.1, -0.05) is 11.6 Å². The van der Waals surface area contributed by atoms with Crippen LogP contribution in [0.15, 0.2) is 6.20 Å². The molecule has 1 aromatic rings. The van der Waals surface area contributed by atoms with Crippen molar-refractivity contribution in [1.29, 1.82) is 0 Å². The first kappa shape index (κ1) is 16.5. The van der Waals surface area contributed by atoms with Crippen molar-refractivity contribution in [2.24, 2.45) is 0 Å². The van der Waals surface area contributed by atoms with E-state index in [1.807, 2.05) is 13.8 Å². The summed E-state index contributed by atoms with van der Waals surface area (Å²) in [4.78, 5) is 0. The third-order valence-corrected chi connectivity index (χ3v) is 5.93. The Morgan fingerprint density at radius 3 is 2.32 bits per heavy atom. The minimum atomic E-state index is -3.26. The molecular formula is C12H22ClN3O2S. The molecule has 110 valence electrons. The topological polar surface area (TPSA) is 64.0 Å². The summed E-state index contributed by atoms with van der Waals surface area (Å²) < 4.78 is 24.8. The molecule has 0 radical (unpaired) electrons. The molecule has 0 amide bonds. The molecule has 1 rings (SSSR count). The number of rotatable bonds is 5. The number of hydrogen-bond donors (Lipinski definition) is 1. The average Bonchev–Trinajstić information content (AvgIpc) is 2.60. The Morgan fingerprint density at radius 2 is 1.95 bits per heavy atom. The van der Waals surface area contributed by atoms with Gasteiger partial charge < -0.3 is 5.32 Å². The largest absolute Gasteiger partial charge is 0.310 e. The van der Waals surface area contributed by atoms with Crippen LogP contribution in [0, 0.1) is 0 Å². The smallest absolute Gasteiger partial charge is 0.154 e. The van der Waals surface area contributed by atoms with Gasteiger partial charge in [-0.3, -0.25) is 4.68 Å². The normalized spacial score (nSPS) is 14.9. The van der Waals surface area contributed by atoms with E-state index in [1.165, 1.54) is 6.26 Å². The van der Waals surface area contributed by atoms with Crippen molar-refractivity contribution in [2.75, 3.05) is 13.3 Å². The molecule has 19 heavy (non-hydrogen) atoms. The molecule has 1 heterocycles. The predicted octanol–water partition coefficient (Wildman–Crippen LogP) is 2.20. The first-order chi connectivity index (χ1) is 8.54. The molecule has 1 aromatic heterocycles. The van der Waals surface area contributed by atoms with Gasteiger partial charge in [0.2, 0.25) is 0 Å². The van der Waals surface area contributed by atoms with Crippen LogP contribution in [0.2, 0.25) is 5.02 Å². The summed E-state index contributed by atoms with van der Waals surface area (Å²) in [6, 6.07) is -0.325. The van der Waals surface area contributed by atoms with Gasteiger partial charge in [0.25, 0.3) is 0 Å². The molecule has 0 saturated heterocycles. The molecule has 0 bridgehead atoms. The number of nitrogens with zero attached hydrogens (tertiary/aromatic N) is 2. The Hall–Kier alpha value is -0.590. The predicted molar refractivity (Wildman–Crippen MR) is 78.3 cm³/mol. The first-order valence-electron chi connectivity index (χ1n) is 6.13. The summed E-state index contributed by atoms with van der Waals surface area (Å²) in [5, 5.41) is 7.77. The van der Waals surface area contributed by atoms with E-state index in [1.54, 1.807) is 31.8 Å². The average molecular weight is 308 g/mol. The lowest BCUT2D eigenvalue weighted by molar-refractivity contribution is 0.398. The van der Waals surface area contributed by atoms with Gasteiger partial charge in [-0.25, -0.2) is 8.42 Å². The fraction of sp³-hybridized carbons (Fsp3) is 0.750. The van der Waals surface area contributed by atoms with Crippen LogP contribution in [-0.4, -0.2) is 36.2 Å². The number of hydrogen-bond acceptors (Lipinski definition) is 4. The van der Waals surface area contributed by atoms with Gasteiger partial charge in [0, 0.05) is 12.3 Å². The molecule has 1 atom stereocenters. The molecule has 0 aromatic carbocycles. The Kier molecular flexibility index (Phi) is 4.70. The highest BCUT2D eigenvalue weighted by Crippen LogP contribution is 2.36. The van der Waals surface area contributed by atoms with Gasteiger partial charge in [-0.05, 0) is 34.7 Å². The number of nitrogens with one attached hydrogen (secondary N) is 1. The third kappa shape index (κ3) is 2.95. The molecule has 0 spiro atoms. The summed E-state index contributed by atoms with van der Waals surface area (Å²) >= 11 is 6.20. The summed E-state index contributed by atoms with van der Waals surface area (Å²) in [5.41, 5.74) is 0.703. The van der Waals surface area contributed by atoms with Crippen molar-refractivity contribution in [1.82, 2.24) is 15.1 Å². The number of sulfone groups is 1. The van der Waals surface area contributed by atoms with Crippen LogP contribution in [0.5, 0.6) is 0 Å². The fourth-order valence-corrected chi connectivity index (χ4v) is 2.96. The molecule has 1 unspecified atom stereocenters. The van der Waals surface area contributed by atoms with Crippen LogP contribution in [0.1, 0.15) is 45.5 Å².